The number of benzene rings is 2. The summed E-state index contributed by atoms with van der Waals surface area (Å²) in [5, 5.41) is 21.4. The molecule has 1 heterocycles. The maximum absolute atomic E-state index is 12.9. The van der Waals surface area contributed by atoms with Gasteiger partial charge in [0.2, 0.25) is 0 Å². The number of rotatable bonds is 3. The summed E-state index contributed by atoms with van der Waals surface area (Å²) in [5.74, 6) is -0.235. The van der Waals surface area contributed by atoms with Crippen molar-refractivity contribution in [3.63, 3.8) is 0 Å². The quantitative estimate of drug-likeness (QED) is 0.909. The third kappa shape index (κ3) is 2.54. The molecule has 0 bridgehead atoms. The Hall–Kier alpha value is -2.22. The number of hydrogen-bond donors (Lipinski definition) is 2. The normalized spacial score (nSPS) is 24.1. The van der Waals surface area contributed by atoms with Crippen molar-refractivity contribution in [3.8, 4) is 17.2 Å². The second-order valence-corrected chi connectivity index (χ2v) is 5.22. The molecule has 0 radical (unpaired) electrons. The topological polar surface area (TPSA) is 56.0 Å². The van der Waals surface area contributed by atoms with Gasteiger partial charge < -0.3 is 5.11 Å². The Labute approximate surface area is 122 Å². The lowest BCUT2D eigenvalue weighted by atomic mass is 9.78. The van der Waals surface area contributed by atoms with E-state index in [0.717, 1.165) is 16.7 Å². The second kappa shape index (κ2) is 5.65. The van der Waals surface area contributed by atoms with Crippen LogP contribution in [0.1, 0.15) is 11.5 Å². The molecule has 3 nitrogen and oxygen atoms in total. The molecule has 21 heavy (non-hydrogen) atoms. The van der Waals surface area contributed by atoms with Gasteiger partial charge in [0, 0.05) is 12.0 Å². The van der Waals surface area contributed by atoms with Gasteiger partial charge in [0.15, 0.2) is 0 Å². The van der Waals surface area contributed by atoms with Crippen LogP contribution in [-0.4, -0.2) is 23.8 Å². The van der Waals surface area contributed by atoms with E-state index in [-0.39, 0.29) is 30.4 Å². The fraction of sp³-hybridized carbons (Fsp3) is 0.235. The van der Waals surface area contributed by atoms with Crippen LogP contribution in [0.5, 0.6) is 0 Å². The van der Waals surface area contributed by atoms with Crippen LogP contribution < -0.4 is 5.32 Å². The third-order valence-electron chi connectivity index (χ3n) is 4.00. The van der Waals surface area contributed by atoms with E-state index in [9.17, 15) is 9.50 Å². The van der Waals surface area contributed by atoms with Crippen LogP contribution in [0.15, 0.2) is 48.5 Å². The van der Waals surface area contributed by atoms with E-state index in [1.54, 1.807) is 12.1 Å². The lowest BCUT2D eigenvalue weighted by molar-refractivity contribution is 0.151. The van der Waals surface area contributed by atoms with Gasteiger partial charge in [0.1, 0.15) is 11.9 Å². The summed E-state index contributed by atoms with van der Waals surface area (Å²) in [6, 6.07) is 16.1. The molecule has 0 amide bonds. The van der Waals surface area contributed by atoms with Crippen molar-refractivity contribution >= 4 is 0 Å². The minimum atomic E-state index is -0.251. The van der Waals surface area contributed by atoms with Gasteiger partial charge >= 0.3 is 0 Å². The van der Waals surface area contributed by atoms with Crippen molar-refractivity contribution in [2.24, 2.45) is 0 Å². The number of nitrogens with zero attached hydrogens (tertiary/aromatic N) is 1. The molecule has 1 fully saturated rings. The summed E-state index contributed by atoms with van der Waals surface area (Å²) in [6.45, 7) is 0.0164. The zero-order valence-corrected chi connectivity index (χ0v) is 11.3. The van der Waals surface area contributed by atoms with Crippen LogP contribution in [0.4, 0.5) is 4.39 Å². The molecule has 0 spiro atoms. The second-order valence-electron chi connectivity index (χ2n) is 5.22. The minimum Gasteiger partial charge on any atom is -0.395 e. The highest BCUT2D eigenvalue weighted by molar-refractivity contribution is 5.63. The lowest BCUT2D eigenvalue weighted by Gasteiger charge is -2.41. The van der Waals surface area contributed by atoms with Crippen LogP contribution in [-0.2, 0) is 0 Å². The molecule has 1 aliphatic rings. The highest BCUT2D eigenvalue weighted by Gasteiger charge is 2.40. The van der Waals surface area contributed by atoms with E-state index in [0.29, 0.717) is 0 Å². The van der Waals surface area contributed by atoms with Crippen molar-refractivity contribution in [3.05, 3.63) is 59.9 Å². The van der Waals surface area contributed by atoms with Crippen molar-refractivity contribution in [1.82, 2.24) is 5.32 Å². The number of nitriles is 1. The maximum Gasteiger partial charge on any atom is 0.123 e. The van der Waals surface area contributed by atoms with Crippen molar-refractivity contribution in [1.29, 1.82) is 5.26 Å². The zero-order valence-electron chi connectivity index (χ0n) is 11.3. The molecule has 0 aromatic heterocycles. The Bertz CT molecular complexity index is 661. The van der Waals surface area contributed by atoms with E-state index in [4.69, 9.17) is 5.26 Å². The van der Waals surface area contributed by atoms with E-state index in [2.05, 4.69) is 11.4 Å². The van der Waals surface area contributed by atoms with Crippen LogP contribution in [0.2, 0.25) is 0 Å². The van der Waals surface area contributed by atoms with Gasteiger partial charge in [-0.25, -0.2) is 4.39 Å². The zero-order chi connectivity index (χ0) is 14.8. The summed E-state index contributed by atoms with van der Waals surface area (Å²) >= 11 is 0. The number of aliphatic hydroxyl groups is 1. The van der Waals surface area contributed by atoms with Crippen molar-refractivity contribution in [2.45, 2.75) is 18.0 Å². The van der Waals surface area contributed by atoms with Crippen molar-refractivity contribution < 1.29 is 9.50 Å². The molecule has 0 saturated carbocycles. The monoisotopic (exact) mass is 282 g/mol. The number of aliphatic hydroxyl groups excluding tert-OH is 1. The lowest BCUT2D eigenvalue weighted by Crippen LogP contribution is -2.60. The summed E-state index contributed by atoms with van der Waals surface area (Å²) < 4.78 is 12.9. The molecule has 1 saturated heterocycles. The van der Waals surface area contributed by atoms with Gasteiger partial charge in [-0.2, -0.15) is 5.26 Å². The maximum atomic E-state index is 12.9. The summed E-state index contributed by atoms with van der Waals surface area (Å²) in [6.07, 6.45) is 0. The van der Waals surface area contributed by atoms with Gasteiger partial charge in [0.05, 0.1) is 12.7 Å². The van der Waals surface area contributed by atoms with Crippen LogP contribution >= 0.6 is 0 Å². The fourth-order valence-electron chi connectivity index (χ4n) is 2.80. The number of nitrogens with one attached hydrogen (secondary N) is 1. The SMILES string of the molecule is N#C[C@@H]1N[C@@H](CO)[C@H]1c1ccc(-c2ccc(F)cc2)cc1. The number of hydrogen-bond acceptors (Lipinski definition) is 3. The smallest absolute Gasteiger partial charge is 0.123 e. The average molecular weight is 282 g/mol. The molecule has 0 unspecified atom stereocenters. The first-order valence-corrected chi connectivity index (χ1v) is 6.85. The molecular formula is C17H15FN2O. The van der Waals surface area contributed by atoms with E-state index in [1.807, 2.05) is 24.3 Å². The van der Waals surface area contributed by atoms with Crippen LogP contribution in [0.3, 0.4) is 0 Å². The first-order valence-electron chi connectivity index (χ1n) is 6.85. The molecule has 106 valence electrons. The first kappa shape index (κ1) is 13.7. The van der Waals surface area contributed by atoms with E-state index < -0.39 is 0 Å². The predicted octanol–water partition coefficient (Wildman–Crippen LogP) is 2.43. The molecule has 1 aliphatic heterocycles. The predicted molar refractivity (Wildman–Crippen MR) is 78.0 cm³/mol. The Morgan fingerprint density at radius 3 is 2.14 bits per heavy atom. The Morgan fingerprint density at radius 2 is 1.62 bits per heavy atom. The molecule has 2 aromatic carbocycles. The molecule has 0 aliphatic carbocycles. The van der Waals surface area contributed by atoms with Gasteiger partial charge in [-0.15, -0.1) is 0 Å². The van der Waals surface area contributed by atoms with Gasteiger partial charge in [-0.1, -0.05) is 36.4 Å². The molecule has 2 N–H and O–H groups in total. The number of halogens is 1. The van der Waals surface area contributed by atoms with Crippen LogP contribution in [0.25, 0.3) is 11.1 Å². The van der Waals surface area contributed by atoms with E-state index in [1.165, 1.54) is 12.1 Å². The third-order valence-corrected chi connectivity index (χ3v) is 4.00. The van der Waals surface area contributed by atoms with Gasteiger partial charge in [-0.05, 0) is 28.8 Å². The summed E-state index contributed by atoms with van der Waals surface area (Å²) in [5.41, 5.74) is 2.98. The highest BCUT2D eigenvalue weighted by atomic mass is 19.1. The van der Waals surface area contributed by atoms with Gasteiger partial charge in [-0.3, -0.25) is 5.32 Å². The largest absolute Gasteiger partial charge is 0.395 e. The molecule has 3 atom stereocenters. The average Bonchev–Trinajstić information content (AvgIpc) is 2.49. The Kier molecular flexibility index (Phi) is 3.70. The first-order chi connectivity index (χ1) is 10.2. The van der Waals surface area contributed by atoms with E-state index >= 15 is 0 Å². The summed E-state index contributed by atoms with van der Waals surface area (Å²) in [4.78, 5) is 0. The highest BCUT2D eigenvalue weighted by Crippen LogP contribution is 2.33. The molecule has 3 rings (SSSR count). The van der Waals surface area contributed by atoms with Gasteiger partial charge in [0.25, 0.3) is 0 Å². The standard InChI is InChI=1S/C17H15FN2O/c18-14-7-5-12(6-8-14)11-1-3-13(4-2-11)17-15(9-19)20-16(17)10-21/h1-8,15-17,20-21H,10H2/t15-,16-,17-/m0/s1. The molecule has 2 aromatic rings. The van der Waals surface area contributed by atoms with Crippen LogP contribution in [0, 0.1) is 17.1 Å². The Morgan fingerprint density at radius 1 is 1.05 bits per heavy atom. The minimum absolute atomic E-state index is 0.0160. The summed E-state index contributed by atoms with van der Waals surface area (Å²) in [7, 11) is 0. The molecular weight excluding hydrogens is 267 g/mol. The fourth-order valence-corrected chi connectivity index (χ4v) is 2.80. The van der Waals surface area contributed by atoms with Crippen molar-refractivity contribution in [2.75, 3.05) is 6.61 Å². The molecule has 4 heteroatoms. The Balaban J connectivity index is 1.84.